The molecule has 0 aromatic carbocycles. The van der Waals surface area contributed by atoms with Gasteiger partial charge in [-0.2, -0.15) is 0 Å². The van der Waals surface area contributed by atoms with Gasteiger partial charge in [0.05, 0.1) is 0 Å². The normalized spacial score (nSPS) is 12.1. The number of hydrogen-bond donors (Lipinski definition) is 0. The second kappa shape index (κ2) is 41.6. The molecule has 0 saturated heterocycles. The summed E-state index contributed by atoms with van der Waals surface area (Å²) in [5, 5.41) is 0. The lowest BCUT2D eigenvalue weighted by molar-refractivity contribution is -0.167. The SMILES string of the molecule is CCCC/C=C\C/C=C\CCCCCCCC(=O)OCC(COC(=O)CCCCCCCCCC)OC(=O)CCCCCCCCCCCCCC. The van der Waals surface area contributed by atoms with E-state index in [1.807, 2.05) is 0 Å². The maximum atomic E-state index is 12.7. The Kier molecular flexibility index (Phi) is 40.0. The van der Waals surface area contributed by atoms with Gasteiger partial charge in [-0.15, -0.1) is 0 Å². The zero-order valence-electron chi connectivity index (χ0n) is 34.6. The van der Waals surface area contributed by atoms with Crippen molar-refractivity contribution in [3.8, 4) is 0 Å². The summed E-state index contributed by atoms with van der Waals surface area (Å²) in [5.74, 6) is -0.887. The minimum absolute atomic E-state index is 0.0725. The lowest BCUT2D eigenvalue weighted by Crippen LogP contribution is -2.30. The van der Waals surface area contributed by atoms with Gasteiger partial charge >= 0.3 is 17.9 Å². The highest BCUT2D eigenvalue weighted by atomic mass is 16.6. The first-order valence-corrected chi connectivity index (χ1v) is 22.3. The lowest BCUT2D eigenvalue weighted by Gasteiger charge is -2.18. The monoisotopic (exact) mass is 733 g/mol. The van der Waals surface area contributed by atoms with Crippen LogP contribution >= 0.6 is 0 Å². The Bertz CT molecular complexity index is 850. The summed E-state index contributed by atoms with van der Waals surface area (Å²) in [5.41, 5.74) is 0. The van der Waals surface area contributed by atoms with Gasteiger partial charge in [-0.1, -0.05) is 193 Å². The van der Waals surface area contributed by atoms with E-state index in [9.17, 15) is 14.4 Å². The zero-order chi connectivity index (χ0) is 38.0. The van der Waals surface area contributed by atoms with Crippen molar-refractivity contribution in [1.82, 2.24) is 0 Å². The molecule has 6 heteroatoms. The molecule has 0 N–H and O–H groups in total. The van der Waals surface area contributed by atoms with Crippen molar-refractivity contribution in [2.45, 2.75) is 239 Å². The number of rotatable bonds is 40. The first kappa shape index (κ1) is 49.9. The number of allylic oxidation sites excluding steroid dienone is 4. The van der Waals surface area contributed by atoms with E-state index in [0.29, 0.717) is 19.3 Å². The molecule has 0 aliphatic rings. The average molecular weight is 733 g/mol. The van der Waals surface area contributed by atoms with Crippen LogP contribution in [0.15, 0.2) is 24.3 Å². The summed E-state index contributed by atoms with van der Waals surface area (Å²) in [6.07, 6.45) is 44.4. The van der Waals surface area contributed by atoms with Gasteiger partial charge in [0, 0.05) is 19.3 Å². The summed E-state index contributed by atoms with van der Waals surface area (Å²) in [4.78, 5) is 37.6. The van der Waals surface area contributed by atoms with Crippen LogP contribution in [0, 0.1) is 0 Å². The topological polar surface area (TPSA) is 78.9 Å². The van der Waals surface area contributed by atoms with Crippen LogP contribution in [0.4, 0.5) is 0 Å². The molecule has 0 radical (unpaired) electrons. The largest absolute Gasteiger partial charge is 0.462 e. The highest BCUT2D eigenvalue weighted by Crippen LogP contribution is 2.14. The first-order chi connectivity index (χ1) is 25.5. The van der Waals surface area contributed by atoms with E-state index in [4.69, 9.17) is 14.2 Å². The molecule has 0 saturated carbocycles. The number of carbonyl (C=O) groups excluding carboxylic acids is 3. The van der Waals surface area contributed by atoms with Gasteiger partial charge < -0.3 is 14.2 Å². The van der Waals surface area contributed by atoms with Crippen molar-refractivity contribution in [3.63, 3.8) is 0 Å². The van der Waals surface area contributed by atoms with Gasteiger partial charge in [-0.05, 0) is 44.9 Å². The van der Waals surface area contributed by atoms with Crippen molar-refractivity contribution < 1.29 is 28.6 Å². The van der Waals surface area contributed by atoms with Gasteiger partial charge in [0.1, 0.15) is 13.2 Å². The average Bonchev–Trinajstić information content (AvgIpc) is 3.14. The molecule has 1 atom stereocenters. The van der Waals surface area contributed by atoms with Crippen molar-refractivity contribution in [2.75, 3.05) is 13.2 Å². The Hall–Kier alpha value is -2.11. The Morgan fingerprint density at radius 3 is 1.12 bits per heavy atom. The Morgan fingerprint density at radius 1 is 0.385 bits per heavy atom. The first-order valence-electron chi connectivity index (χ1n) is 22.3. The molecule has 0 rings (SSSR count). The molecule has 0 bridgehead atoms. The number of unbranched alkanes of at least 4 members (excludes halogenated alkanes) is 25. The smallest absolute Gasteiger partial charge is 0.306 e. The van der Waals surface area contributed by atoms with E-state index in [0.717, 1.165) is 77.0 Å². The fraction of sp³-hybridized carbons (Fsp3) is 0.848. The van der Waals surface area contributed by atoms with Crippen molar-refractivity contribution >= 4 is 17.9 Å². The predicted octanol–water partition coefficient (Wildman–Crippen LogP) is 14.0. The molecule has 0 fully saturated rings. The molecule has 1 unspecified atom stereocenters. The van der Waals surface area contributed by atoms with Crippen molar-refractivity contribution in [3.05, 3.63) is 24.3 Å². The third kappa shape index (κ3) is 39.1. The molecule has 52 heavy (non-hydrogen) atoms. The predicted molar refractivity (Wildman–Crippen MR) is 219 cm³/mol. The zero-order valence-corrected chi connectivity index (χ0v) is 34.6. The lowest BCUT2D eigenvalue weighted by atomic mass is 10.0. The van der Waals surface area contributed by atoms with Gasteiger partial charge in [0.15, 0.2) is 6.10 Å². The fourth-order valence-corrected chi connectivity index (χ4v) is 6.28. The highest BCUT2D eigenvalue weighted by Gasteiger charge is 2.19. The Labute approximate surface area is 322 Å². The quantitative estimate of drug-likeness (QED) is 0.0270. The third-order valence-electron chi connectivity index (χ3n) is 9.71. The van der Waals surface area contributed by atoms with Gasteiger partial charge in [-0.25, -0.2) is 0 Å². The number of carbonyl (C=O) groups is 3. The minimum atomic E-state index is -0.767. The molecule has 0 aliphatic carbocycles. The number of esters is 3. The van der Waals surface area contributed by atoms with Crippen LogP contribution in [0.1, 0.15) is 233 Å². The van der Waals surface area contributed by atoms with Gasteiger partial charge in [0.2, 0.25) is 0 Å². The minimum Gasteiger partial charge on any atom is -0.462 e. The molecule has 304 valence electrons. The van der Waals surface area contributed by atoms with Crippen LogP contribution in [0.3, 0.4) is 0 Å². The van der Waals surface area contributed by atoms with E-state index < -0.39 is 6.10 Å². The molecule has 0 amide bonds. The van der Waals surface area contributed by atoms with Gasteiger partial charge in [-0.3, -0.25) is 14.4 Å². The molecule has 6 nitrogen and oxygen atoms in total. The molecular weight excluding hydrogens is 648 g/mol. The summed E-state index contributed by atoms with van der Waals surface area (Å²) >= 11 is 0. The number of hydrogen-bond acceptors (Lipinski definition) is 6. The molecule has 0 aliphatic heterocycles. The highest BCUT2D eigenvalue weighted by molar-refractivity contribution is 5.71. The maximum absolute atomic E-state index is 12.7. The standard InChI is InChI=1S/C46H84O6/c1-4-7-10-13-16-19-21-23-24-26-27-30-33-36-39-45(48)51-42-43(41-50-44(47)38-35-32-29-18-15-12-9-6-3)52-46(49)40-37-34-31-28-25-22-20-17-14-11-8-5-2/h13,16,21,23,43H,4-12,14-15,17-20,22,24-42H2,1-3H3/b16-13-,23-21-. The van der Waals surface area contributed by atoms with E-state index in [-0.39, 0.29) is 31.1 Å². The fourth-order valence-electron chi connectivity index (χ4n) is 6.28. The summed E-state index contributed by atoms with van der Waals surface area (Å²) < 4.78 is 16.6. The molecule has 0 aromatic heterocycles. The second-order valence-electron chi connectivity index (χ2n) is 15.0. The van der Waals surface area contributed by atoms with E-state index in [1.54, 1.807) is 0 Å². The van der Waals surface area contributed by atoms with Crippen LogP contribution in [-0.2, 0) is 28.6 Å². The van der Waals surface area contributed by atoms with E-state index in [2.05, 4.69) is 45.1 Å². The van der Waals surface area contributed by atoms with Crippen molar-refractivity contribution in [1.29, 1.82) is 0 Å². The second-order valence-corrected chi connectivity index (χ2v) is 15.0. The summed E-state index contributed by atoms with van der Waals surface area (Å²) in [7, 11) is 0. The Morgan fingerprint density at radius 2 is 0.712 bits per heavy atom. The number of ether oxygens (including phenoxy) is 3. The van der Waals surface area contributed by atoms with Crippen LogP contribution in [0.25, 0.3) is 0 Å². The third-order valence-corrected chi connectivity index (χ3v) is 9.71. The summed E-state index contributed by atoms with van der Waals surface area (Å²) in [6, 6.07) is 0. The van der Waals surface area contributed by atoms with Crippen LogP contribution in [0.2, 0.25) is 0 Å². The summed E-state index contributed by atoms with van der Waals surface area (Å²) in [6.45, 7) is 6.55. The van der Waals surface area contributed by atoms with Gasteiger partial charge in [0.25, 0.3) is 0 Å². The van der Waals surface area contributed by atoms with E-state index >= 15 is 0 Å². The van der Waals surface area contributed by atoms with Crippen LogP contribution in [-0.4, -0.2) is 37.2 Å². The van der Waals surface area contributed by atoms with Crippen molar-refractivity contribution in [2.24, 2.45) is 0 Å². The van der Waals surface area contributed by atoms with Crippen LogP contribution in [0.5, 0.6) is 0 Å². The van der Waals surface area contributed by atoms with Crippen LogP contribution < -0.4 is 0 Å². The Balaban J connectivity index is 4.34. The van der Waals surface area contributed by atoms with E-state index in [1.165, 1.54) is 116 Å². The molecule has 0 aromatic rings. The molecule has 0 heterocycles. The molecule has 0 spiro atoms. The maximum Gasteiger partial charge on any atom is 0.306 e. The molecular formula is C46H84O6.